The van der Waals surface area contributed by atoms with E-state index in [4.69, 9.17) is 21.1 Å². The van der Waals surface area contributed by atoms with Gasteiger partial charge >= 0.3 is 0 Å². The maximum atomic E-state index is 11.9. The molecule has 0 aliphatic heterocycles. The Labute approximate surface area is 120 Å². The molecule has 118 valence electrons. The SMILES string of the molecule is NC(=O)C[C@H](NS(=O)(=O)C1CC1)c1nc([C@@H](N)CO)no1. The minimum atomic E-state index is -3.56. The van der Waals surface area contributed by atoms with Crippen LogP contribution in [0.25, 0.3) is 0 Å². The lowest BCUT2D eigenvalue weighted by molar-refractivity contribution is -0.118. The molecule has 1 aliphatic rings. The summed E-state index contributed by atoms with van der Waals surface area (Å²) in [6.07, 6.45) is 0.828. The molecule has 0 aromatic carbocycles. The zero-order chi connectivity index (χ0) is 15.6. The summed E-state index contributed by atoms with van der Waals surface area (Å²) in [4.78, 5) is 15.0. The van der Waals surface area contributed by atoms with Gasteiger partial charge in [0.15, 0.2) is 5.82 Å². The molecule has 2 atom stereocenters. The summed E-state index contributed by atoms with van der Waals surface area (Å²) in [6.45, 7) is -0.396. The zero-order valence-electron chi connectivity index (χ0n) is 11.1. The van der Waals surface area contributed by atoms with Gasteiger partial charge in [0.1, 0.15) is 6.04 Å². The van der Waals surface area contributed by atoms with E-state index < -0.39 is 39.9 Å². The van der Waals surface area contributed by atoms with Gasteiger partial charge in [-0.05, 0) is 12.8 Å². The summed E-state index contributed by atoms with van der Waals surface area (Å²) in [6, 6.07) is -1.89. The second-order valence-electron chi connectivity index (χ2n) is 4.87. The first-order valence-corrected chi connectivity index (χ1v) is 7.87. The van der Waals surface area contributed by atoms with Gasteiger partial charge in [0.05, 0.1) is 24.3 Å². The molecule has 0 spiro atoms. The number of nitrogens with one attached hydrogen (secondary N) is 1. The van der Waals surface area contributed by atoms with E-state index >= 15 is 0 Å². The standard InChI is InChI=1S/C10H17N5O5S/c11-6(4-16)9-13-10(20-14-9)7(3-8(12)17)15-21(18,19)5-1-2-5/h5-7,15-16H,1-4,11H2,(H2,12,17)/t6-,7-/m0/s1. The lowest BCUT2D eigenvalue weighted by Gasteiger charge is -2.13. The van der Waals surface area contributed by atoms with E-state index in [-0.39, 0.29) is 18.1 Å². The van der Waals surface area contributed by atoms with Crippen LogP contribution in [0.4, 0.5) is 0 Å². The minimum absolute atomic E-state index is 0.0209. The third kappa shape index (κ3) is 3.97. The lowest BCUT2D eigenvalue weighted by atomic mass is 10.2. The van der Waals surface area contributed by atoms with Crippen LogP contribution in [-0.2, 0) is 14.8 Å². The number of hydrogen-bond donors (Lipinski definition) is 4. The number of aliphatic hydroxyl groups is 1. The first-order valence-electron chi connectivity index (χ1n) is 6.33. The van der Waals surface area contributed by atoms with Crippen molar-refractivity contribution in [2.45, 2.75) is 36.6 Å². The summed E-state index contributed by atoms with van der Waals surface area (Å²) in [5.74, 6) is -0.811. The molecule has 1 saturated carbocycles. The number of sulfonamides is 1. The van der Waals surface area contributed by atoms with Crippen molar-refractivity contribution in [1.82, 2.24) is 14.9 Å². The van der Waals surface area contributed by atoms with Crippen LogP contribution in [0, 0.1) is 0 Å². The van der Waals surface area contributed by atoms with Crippen molar-refractivity contribution in [1.29, 1.82) is 0 Å². The average molecular weight is 319 g/mol. The van der Waals surface area contributed by atoms with Crippen molar-refractivity contribution < 1.29 is 22.8 Å². The quantitative estimate of drug-likeness (QED) is 0.428. The molecule has 1 aromatic rings. The number of amides is 1. The van der Waals surface area contributed by atoms with Crippen molar-refractivity contribution in [3.05, 3.63) is 11.7 Å². The largest absolute Gasteiger partial charge is 0.394 e. The smallest absolute Gasteiger partial charge is 0.245 e. The maximum Gasteiger partial charge on any atom is 0.245 e. The first kappa shape index (κ1) is 15.8. The van der Waals surface area contributed by atoms with E-state index in [2.05, 4.69) is 14.9 Å². The molecule has 0 saturated heterocycles. The molecule has 6 N–H and O–H groups in total. The molecule has 1 amide bonds. The first-order chi connectivity index (χ1) is 9.83. The monoisotopic (exact) mass is 319 g/mol. The third-order valence-electron chi connectivity index (χ3n) is 2.96. The molecule has 1 heterocycles. The van der Waals surface area contributed by atoms with Gasteiger partial charge in [0.25, 0.3) is 0 Å². The summed E-state index contributed by atoms with van der Waals surface area (Å²) in [5, 5.41) is 12.0. The van der Waals surface area contributed by atoms with E-state index in [9.17, 15) is 13.2 Å². The minimum Gasteiger partial charge on any atom is -0.394 e. The Morgan fingerprint density at radius 2 is 2.19 bits per heavy atom. The molecule has 1 aliphatic carbocycles. The van der Waals surface area contributed by atoms with Gasteiger partial charge in [0.2, 0.25) is 21.8 Å². The Balaban J connectivity index is 2.19. The molecule has 11 heteroatoms. The topological polar surface area (TPSA) is 174 Å². The number of nitrogens with two attached hydrogens (primary N) is 2. The van der Waals surface area contributed by atoms with Crippen molar-refractivity contribution in [3.8, 4) is 0 Å². The van der Waals surface area contributed by atoms with Crippen LogP contribution in [0.3, 0.4) is 0 Å². The van der Waals surface area contributed by atoms with E-state index in [1.807, 2.05) is 0 Å². The Kier molecular flexibility index (Phi) is 4.56. The van der Waals surface area contributed by atoms with Gasteiger partial charge in [-0.1, -0.05) is 5.16 Å². The van der Waals surface area contributed by atoms with Gasteiger partial charge in [-0.3, -0.25) is 4.79 Å². The number of aromatic nitrogens is 2. The number of rotatable bonds is 8. The molecule has 0 bridgehead atoms. The highest BCUT2D eigenvalue weighted by molar-refractivity contribution is 7.90. The molecule has 10 nitrogen and oxygen atoms in total. The van der Waals surface area contributed by atoms with Crippen LogP contribution in [0.1, 0.15) is 43.1 Å². The van der Waals surface area contributed by atoms with E-state index in [1.54, 1.807) is 0 Å². The highest BCUT2D eigenvalue weighted by atomic mass is 32.2. The van der Waals surface area contributed by atoms with Gasteiger partial charge in [0, 0.05) is 0 Å². The lowest BCUT2D eigenvalue weighted by Crippen LogP contribution is -2.34. The van der Waals surface area contributed by atoms with Crippen LogP contribution in [0.5, 0.6) is 0 Å². The van der Waals surface area contributed by atoms with Crippen molar-refractivity contribution in [2.24, 2.45) is 11.5 Å². The van der Waals surface area contributed by atoms with Crippen LogP contribution in [0.15, 0.2) is 4.52 Å². The number of carbonyl (C=O) groups is 1. The Morgan fingerprint density at radius 3 is 2.71 bits per heavy atom. The van der Waals surface area contributed by atoms with Gasteiger partial charge < -0.3 is 21.1 Å². The summed E-state index contributed by atoms with van der Waals surface area (Å²) in [7, 11) is -3.56. The molecule has 1 aromatic heterocycles. The fraction of sp³-hybridized carbons (Fsp3) is 0.700. The molecule has 2 rings (SSSR count). The number of primary amides is 1. The molecule has 0 unspecified atom stereocenters. The summed E-state index contributed by atoms with van der Waals surface area (Å²) in [5.41, 5.74) is 10.6. The van der Waals surface area contributed by atoms with Crippen LogP contribution in [-0.4, -0.2) is 41.4 Å². The fourth-order valence-corrected chi connectivity index (χ4v) is 3.20. The highest BCUT2D eigenvalue weighted by Gasteiger charge is 2.38. The second-order valence-corrected chi connectivity index (χ2v) is 6.86. The normalized spacial score (nSPS) is 18.4. The van der Waals surface area contributed by atoms with Crippen molar-refractivity contribution >= 4 is 15.9 Å². The van der Waals surface area contributed by atoms with E-state index in [0.717, 1.165) is 0 Å². The van der Waals surface area contributed by atoms with Crippen molar-refractivity contribution in [2.75, 3.05) is 6.61 Å². The van der Waals surface area contributed by atoms with Crippen LogP contribution < -0.4 is 16.2 Å². The van der Waals surface area contributed by atoms with Gasteiger partial charge in [-0.2, -0.15) is 4.98 Å². The predicted octanol–water partition coefficient (Wildman–Crippen LogP) is -1.94. The molecule has 1 fully saturated rings. The predicted molar refractivity (Wildman–Crippen MR) is 69.9 cm³/mol. The second kappa shape index (κ2) is 6.05. The Morgan fingerprint density at radius 1 is 1.52 bits per heavy atom. The zero-order valence-corrected chi connectivity index (χ0v) is 11.9. The van der Waals surface area contributed by atoms with Crippen LogP contribution >= 0.6 is 0 Å². The average Bonchev–Trinajstić information content (AvgIpc) is 3.15. The van der Waals surface area contributed by atoms with Gasteiger partial charge in [-0.15, -0.1) is 0 Å². The number of carbonyl (C=O) groups excluding carboxylic acids is 1. The van der Waals surface area contributed by atoms with Crippen molar-refractivity contribution in [3.63, 3.8) is 0 Å². The molecular formula is C10H17N5O5S. The number of hydrogen-bond acceptors (Lipinski definition) is 8. The fourth-order valence-electron chi connectivity index (χ4n) is 1.67. The molecular weight excluding hydrogens is 302 g/mol. The number of nitrogens with zero attached hydrogens (tertiary/aromatic N) is 2. The number of aliphatic hydroxyl groups excluding tert-OH is 1. The summed E-state index contributed by atoms with van der Waals surface area (Å²) < 4.78 is 31.1. The maximum absolute atomic E-state index is 11.9. The molecule has 21 heavy (non-hydrogen) atoms. The Hall–Kier alpha value is -1.56. The highest BCUT2D eigenvalue weighted by Crippen LogP contribution is 2.29. The third-order valence-corrected chi connectivity index (χ3v) is 4.92. The molecule has 0 radical (unpaired) electrons. The summed E-state index contributed by atoms with van der Waals surface area (Å²) >= 11 is 0. The Bertz CT molecular complexity index is 611. The van der Waals surface area contributed by atoms with E-state index in [0.29, 0.717) is 12.8 Å². The van der Waals surface area contributed by atoms with Gasteiger partial charge in [-0.25, -0.2) is 13.1 Å². The van der Waals surface area contributed by atoms with Crippen LogP contribution in [0.2, 0.25) is 0 Å². The van der Waals surface area contributed by atoms with E-state index in [1.165, 1.54) is 0 Å².